The summed E-state index contributed by atoms with van der Waals surface area (Å²) in [6, 6.07) is 8.43. The molecule has 4 saturated carbocycles. The third-order valence-electron chi connectivity index (χ3n) is 7.76. The molecule has 5 aliphatic rings. The van der Waals surface area contributed by atoms with E-state index in [1.54, 1.807) is 0 Å². The van der Waals surface area contributed by atoms with Crippen LogP contribution in [0, 0.1) is 23.7 Å². The lowest BCUT2D eigenvalue weighted by molar-refractivity contribution is -0.204. The van der Waals surface area contributed by atoms with Crippen LogP contribution < -0.4 is 4.74 Å². The van der Waals surface area contributed by atoms with Crippen molar-refractivity contribution in [2.24, 2.45) is 23.7 Å². The molecule has 0 N–H and O–H groups in total. The van der Waals surface area contributed by atoms with Crippen LogP contribution in [-0.4, -0.2) is 29.7 Å². The van der Waals surface area contributed by atoms with Crippen molar-refractivity contribution in [1.29, 1.82) is 0 Å². The maximum absolute atomic E-state index is 12.5. The van der Waals surface area contributed by atoms with E-state index in [1.807, 2.05) is 12.1 Å². The number of ether oxygens (including phenoxy) is 2. The minimum Gasteiger partial charge on any atom is -0.482 e. The van der Waals surface area contributed by atoms with Crippen molar-refractivity contribution < 1.29 is 14.3 Å². The van der Waals surface area contributed by atoms with Crippen LogP contribution in [0.3, 0.4) is 0 Å². The van der Waals surface area contributed by atoms with E-state index in [-0.39, 0.29) is 29.1 Å². The van der Waals surface area contributed by atoms with E-state index in [0.717, 1.165) is 17.6 Å². The summed E-state index contributed by atoms with van der Waals surface area (Å²) in [5.74, 6) is 6.20. The Bertz CT molecular complexity index is 664. The van der Waals surface area contributed by atoms with Crippen LogP contribution in [-0.2, 0) is 9.53 Å². The summed E-state index contributed by atoms with van der Waals surface area (Å²) in [7, 11) is 0.0539. The predicted octanol–water partition coefficient (Wildman–Crippen LogP) is 4.98. The van der Waals surface area contributed by atoms with Crippen molar-refractivity contribution >= 4 is 16.9 Å². The quantitative estimate of drug-likeness (QED) is 0.571. The van der Waals surface area contributed by atoms with Gasteiger partial charge in [-0.3, -0.25) is 0 Å². The number of hydrogen-bond donors (Lipinski definition) is 1. The van der Waals surface area contributed by atoms with Crippen LogP contribution in [0.1, 0.15) is 51.9 Å². The Hall–Kier alpha value is -1.16. The van der Waals surface area contributed by atoms with Gasteiger partial charge in [-0.15, -0.1) is 0 Å². The van der Waals surface area contributed by atoms with Gasteiger partial charge in [0.2, 0.25) is 0 Å². The zero-order valence-corrected chi connectivity index (χ0v) is 17.3. The van der Waals surface area contributed by atoms with Crippen molar-refractivity contribution in [2.75, 3.05) is 18.1 Å². The second-order valence-corrected chi connectivity index (χ2v) is 11.9. The fraction of sp³-hybridized carbons (Fsp3) is 0.696. The molecule has 1 saturated heterocycles. The Morgan fingerprint density at radius 1 is 1.00 bits per heavy atom. The highest BCUT2D eigenvalue weighted by molar-refractivity contribution is 8.17. The molecule has 1 aliphatic heterocycles. The van der Waals surface area contributed by atoms with Gasteiger partial charge < -0.3 is 9.47 Å². The van der Waals surface area contributed by atoms with Gasteiger partial charge in [0, 0.05) is 0 Å². The van der Waals surface area contributed by atoms with Gasteiger partial charge in [0.1, 0.15) is 11.4 Å². The fourth-order valence-corrected chi connectivity index (χ4v) is 8.95. The van der Waals surface area contributed by atoms with Gasteiger partial charge >= 0.3 is 5.97 Å². The van der Waals surface area contributed by atoms with Crippen LogP contribution in [0.15, 0.2) is 29.2 Å². The van der Waals surface area contributed by atoms with Gasteiger partial charge in [-0.2, -0.15) is 0 Å². The predicted molar refractivity (Wildman–Crippen MR) is 110 cm³/mol. The highest BCUT2D eigenvalue weighted by Gasteiger charge is 2.57. The Kier molecular flexibility index (Phi) is 4.66. The largest absolute Gasteiger partial charge is 0.482 e. The molecule has 1 aromatic carbocycles. The molecule has 4 aliphatic carbocycles. The van der Waals surface area contributed by atoms with Crippen LogP contribution in [0.25, 0.3) is 0 Å². The maximum atomic E-state index is 12.5. The molecule has 6 rings (SSSR count). The average molecular weight is 389 g/mol. The molecule has 5 fully saturated rings. The van der Waals surface area contributed by atoms with Crippen molar-refractivity contribution in [3.63, 3.8) is 0 Å². The Labute approximate surface area is 165 Å². The lowest BCUT2D eigenvalue weighted by atomic mass is 9.50. The van der Waals surface area contributed by atoms with E-state index in [9.17, 15) is 4.79 Å². The normalized spacial score (nSPS) is 38.2. The smallest absolute Gasteiger partial charge is 0.344 e. The molecule has 4 bridgehead atoms. The molecule has 148 valence electrons. The number of hydrogen-bond acceptors (Lipinski definition) is 3. The van der Waals surface area contributed by atoms with E-state index in [2.05, 4.69) is 19.1 Å². The van der Waals surface area contributed by atoms with Gasteiger partial charge in [0.25, 0.3) is 0 Å². The molecule has 4 heteroatoms. The van der Waals surface area contributed by atoms with Crippen LogP contribution in [0.5, 0.6) is 5.75 Å². The lowest BCUT2D eigenvalue weighted by Crippen LogP contribution is -2.58. The Morgan fingerprint density at radius 2 is 1.59 bits per heavy atom. The molecule has 0 radical (unpaired) electrons. The number of carbonyl (C=O) groups is 1. The number of benzene rings is 1. The minimum absolute atomic E-state index is 0.0238. The molecule has 0 atom stereocenters. The third-order valence-corrected chi connectivity index (χ3v) is 10.5. The summed E-state index contributed by atoms with van der Waals surface area (Å²) >= 11 is 0. The topological polar surface area (TPSA) is 35.5 Å². The first kappa shape index (κ1) is 17.9. The van der Waals surface area contributed by atoms with E-state index < -0.39 is 0 Å². The second-order valence-electron chi connectivity index (χ2n) is 9.44. The summed E-state index contributed by atoms with van der Waals surface area (Å²) in [6.07, 6.45) is 9.17. The first-order valence-electron chi connectivity index (χ1n) is 10.8. The summed E-state index contributed by atoms with van der Waals surface area (Å²) < 4.78 is 11.8. The SMILES string of the molecule is CC1(OC(=O)COc2ccc([SH]3CCCC3)cc2)C2CC3CC(C2)CC1C3. The van der Waals surface area contributed by atoms with Gasteiger partial charge in [0.05, 0.1) is 0 Å². The third kappa shape index (κ3) is 3.39. The van der Waals surface area contributed by atoms with Crippen molar-refractivity contribution in [3.8, 4) is 5.75 Å². The summed E-state index contributed by atoms with van der Waals surface area (Å²) in [5.41, 5.74) is -0.261. The number of esters is 1. The minimum atomic E-state index is -0.261. The molecule has 1 heterocycles. The lowest BCUT2D eigenvalue weighted by Gasteiger charge is -2.59. The summed E-state index contributed by atoms with van der Waals surface area (Å²) in [6.45, 7) is 2.21. The molecular formula is C23H32O3S. The van der Waals surface area contributed by atoms with Gasteiger partial charge in [0.15, 0.2) is 6.61 Å². The zero-order chi connectivity index (χ0) is 18.4. The molecule has 0 spiro atoms. The van der Waals surface area contributed by atoms with Crippen molar-refractivity contribution in [1.82, 2.24) is 0 Å². The van der Waals surface area contributed by atoms with Gasteiger partial charge in [-0.1, -0.05) is 0 Å². The molecule has 0 aromatic heterocycles. The van der Waals surface area contributed by atoms with E-state index in [0.29, 0.717) is 11.8 Å². The van der Waals surface area contributed by atoms with Crippen LogP contribution in [0.2, 0.25) is 0 Å². The highest BCUT2D eigenvalue weighted by atomic mass is 32.2. The summed E-state index contributed by atoms with van der Waals surface area (Å²) in [5, 5.41) is 0. The number of rotatable bonds is 5. The van der Waals surface area contributed by atoms with Crippen LogP contribution in [0.4, 0.5) is 0 Å². The monoisotopic (exact) mass is 388 g/mol. The molecular weight excluding hydrogens is 356 g/mol. The summed E-state index contributed by atoms with van der Waals surface area (Å²) in [4.78, 5) is 14.0. The van der Waals surface area contributed by atoms with Crippen LogP contribution >= 0.6 is 10.9 Å². The Balaban J connectivity index is 1.16. The van der Waals surface area contributed by atoms with Gasteiger partial charge in [-0.25, -0.2) is 15.7 Å². The van der Waals surface area contributed by atoms with E-state index in [4.69, 9.17) is 9.47 Å². The number of thiol groups is 1. The maximum Gasteiger partial charge on any atom is 0.344 e. The van der Waals surface area contributed by atoms with E-state index in [1.165, 1.54) is 61.3 Å². The zero-order valence-electron chi connectivity index (χ0n) is 16.4. The number of carbonyl (C=O) groups excluding carboxylic acids is 1. The second kappa shape index (κ2) is 7.02. The molecule has 1 aromatic rings. The Morgan fingerprint density at radius 3 is 2.19 bits per heavy atom. The van der Waals surface area contributed by atoms with E-state index >= 15 is 0 Å². The average Bonchev–Trinajstić information content (AvgIpc) is 3.19. The van der Waals surface area contributed by atoms with Crippen molar-refractivity contribution in [3.05, 3.63) is 24.3 Å². The molecule has 27 heavy (non-hydrogen) atoms. The van der Waals surface area contributed by atoms with Gasteiger partial charge in [-0.05, 0) is 116 Å². The molecule has 0 amide bonds. The first-order chi connectivity index (χ1) is 13.1. The fourth-order valence-electron chi connectivity index (χ4n) is 6.43. The van der Waals surface area contributed by atoms with Crippen molar-refractivity contribution in [2.45, 2.75) is 62.4 Å². The standard InChI is InChI=1S/C23H32O3S/c1-23(18-11-16-10-17(13-18)14-19(23)12-16)26-22(24)15-25-20-4-6-21(7-5-20)27-8-2-3-9-27/h4-7,16-19,27H,2-3,8-15H2,1H3. The molecule has 3 nitrogen and oxygen atoms in total. The first-order valence-corrected chi connectivity index (χ1v) is 12.5. The highest BCUT2D eigenvalue weighted by Crippen LogP contribution is 2.59. The molecule has 0 unspecified atom stereocenters.